The Morgan fingerprint density at radius 1 is 0.947 bits per heavy atom. The first kappa shape index (κ1) is 16.8. The summed E-state index contributed by atoms with van der Waals surface area (Å²) >= 11 is 0. The summed E-state index contributed by atoms with van der Waals surface area (Å²) < 4.78 is 0. The van der Waals surface area contributed by atoms with Crippen molar-refractivity contribution in [3.63, 3.8) is 0 Å². The minimum Gasteiger partial charge on any atom is -0.423 e. The molecule has 0 spiro atoms. The van der Waals surface area contributed by atoms with Gasteiger partial charge in [0.05, 0.1) is 13.0 Å². The average Bonchev–Trinajstić information content (AvgIpc) is 2.32. The summed E-state index contributed by atoms with van der Waals surface area (Å²) in [6, 6.07) is 0. The fraction of sp³-hybridized carbons (Fsp3) is 0.250. The molecule has 0 amide bonds. The molecule has 19 heavy (non-hydrogen) atoms. The van der Waals surface area contributed by atoms with Crippen LogP contribution in [0.25, 0.3) is 0 Å². The number of hydrogen-bond donors (Lipinski definition) is 2. The van der Waals surface area contributed by atoms with Gasteiger partial charge in [-0.3, -0.25) is 0 Å². The van der Waals surface area contributed by atoms with E-state index in [1.165, 1.54) is 7.06 Å². The van der Waals surface area contributed by atoms with E-state index in [9.17, 15) is 10.0 Å². The van der Waals surface area contributed by atoms with Gasteiger partial charge in [-0.2, -0.15) is 0 Å². The Labute approximate surface area is 123 Å². The highest BCUT2D eigenvalue weighted by Crippen LogP contribution is 1.96. The van der Waals surface area contributed by atoms with E-state index in [0.717, 1.165) is 0 Å². The third kappa shape index (κ3) is 3.08. The molecule has 0 bridgehead atoms. The summed E-state index contributed by atoms with van der Waals surface area (Å²) in [5, 5.41) is 19.0. The molecular formula is C8H8B9O2. The summed E-state index contributed by atoms with van der Waals surface area (Å²) in [6.07, 6.45) is 0. The first-order valence-corrected chi connectivity index (χ1v) is 5.84. The fourth-order valence-electron chi connectivity index (χ4n) is 2.39. The van der Waals surface area contributed by atoms with E-state index in [-0.39, 0.29) is 5.46 Å². The molecule has 11 radical (unpaired) electrons. The third-order valence-corrected chi connectivity index (χ3v) is 3.33. The molecule has 79 valence electrons. The largest absolute Gasteiger partial charge is 0.488 e. The maximum absolute atomic E-state index is 9.49. The highest BCUT2D eigenvalue weighted by molar-refractivity contribution is 7.51. The number of benzene rings is 1. The van der Waals surface area contributed by atoms with E-state index in [1.54, 1.807) is 13.8 Å². The van der Waals surface area contributed by atoms with Gasteiger partial charge in [0.2, 0.25) is 0 Å². The molecule has 0 aliphatic heterocycles. The topological polar surface area (TPSA) is 40.5 Å². The Balaban J connectivity index is 3.73. The van der Waals surface area contributed by atoms with Crippen LogP contribution in [0, 0.1) is 13.8 Å². The zero-order chi connectivity index (χ0) is 14.9. The van der Waals surface area contributed by atoms with E-state index in [2.05, 4.69) is 0 Å². The minimum atomic E-state index is -1.71. The summed E-state index contributed by atoms with van der Waals surface area (Å²) in [4.78, 5) is 0. The Morgan fingerprint density at radius 3 is 1.84 bits per heavy atom. The first-order chi connectivity index (χ1) is 8.73. The van der Waals surface area contributed by atoms with E-state index < -0.39 is 20.1 Å². The monoisotopic (exact) mass is 235 g/mol. The van der Waals surface area contributed by atoms with Crippen LogP contribution >= 0.6 is 0 Å². The van der Waals surface area contributed by atoms with Crippen LogP contribution in [-0.4, -0.2) is 76.0 Å². The van der Waals surface area contributed by atoms with Crippen LogP contribution in [0.1, 0.15) is 11.1 Å². The molecule has 2 nitrogen and oxygen atoms in total. The van der Waals surface area contributed by atoms with Gasteiger partial charge in [-0.15, -0.1) is 10.9 Å². The maximum atomic E-state index is 9.49. The zero-order valence-corrected chi connectivity index (χ0v) is 11.1. The summed E-state index contributed by atoms with van der Waals surface area (Å²) in [6.45, 7) is 1.92. The smallest absolute Gasteiger partial charge is 0.423 e. The second kappa shape index (κ2) is 6.45. The Bertz CT molecular complexity index is 476. The average molecular weight is 233 g/mol. The van der Waals surface area contributed by atoms with Crippen molar-refractivity contribution in [1.82, 2.24) is 0 Å². The van der Waals surface area contributed by atoms with Gasteiger partial charge in [-0.25, -0.2) is 0 Å². The van der Waals surface area contributed by atoms with Crippen molar-refractivity contribution >= 4 is 87.8 Å². The summed E-state index contributed by atoms with van der Waals surface area (Å²) in [7, 11) is 28.4. The van der Waals surface area contributed by atoms with Crippen molar-refractivity contribution in [2.45, 2.75) is 13.8 Å². The first-order valence-electron chi connectivity index (χ1n) is 5.84. The molecular weight excluding hydrogens is 225 g/mol. The molecule has 0 heterocycles. The molecule has 0 unspecified atom stereocenters. The van der Waals surface area contributed by atoms with Crippen molar-refractivity contribution in [2.24, 2.45) is 0 Å². The molecule has 1 aromatic rings. The van der Waals surface area contributed by atoms with Crippen LogP contribution in [-0.2, 0) is 0 Å². The second-order valence-corrected chi connectivity index (χ2v) is 4.52. The van der Waals surface area contributed by atoms with Crippen molar-refractivity contribution in [2.75, 3.05) is 0 Å². The van der Waals surface area contributed by atoms with Crippen molar-refractivity contribution in [1.29, 1.82) is 0 Å². The molecule has 2 N–H and O–H groups in total. The lowest BCUT2D eigenvalue weighted by Crippen LogP contribution is -2.61. The van der Waals surface area contributed by atoms with Gasteiger partial charge in [0.15, 0.2) is 0 Å². The quantitative estimate of drug-likeness (QED) is 0.510. The Kier molecular flexibility index (Phi) is 5.70. The third-order valence-electron chi connectivity index (χ3n) is 3.33. The van der Waals surface area contributed by atoms with Crippen LogP contribution in [0.2, 0.25) is 0 Å². The lowest BCUT2D eigenvalue weighted by Gasteiger charge is -2.27. The zero-order valence-electron chi connectivity index (χ0n) is 11.1. The van der Waals surface area contributed by atoms with Crippen LogP contribution in [0.5, 0.6) is 0 Å². The summed E-state index contributed by atoms with van der Waals surface area (Å²) in [5.74, 6) is 0. The summed E-state index contributed by atoms with van der Waals surface area (Å²) in [5.41, 5.74) is 2.71. The van der Waals surface area contributed by atoms with Gasteiger partial charge in [-0.05, 0) is 19.3 Å². The molecule has 0 atom stereocenters. The van der Waals surface area contributed by atoms with Gasteiger partial charge in [-0.1, -0.05) is 16.6 Å². The minimum absolute atomic E-state index is 0.220. The van der Waals surface area contributed by atoms with Gasteiger partial charge in [0, 0.05) is 38.0 Å². The van der Waals surface area contributed by atoms with E-state index >= 15 is 0 Å². The lowest BCUT2D eigenvalue weighted by molar-refractivity contribution is 0.426. The standard InChI is InChI=1S/C8H8B9O2/c1-3-5(9)6(16(13)14-10)4(2)7(15(11)12)8(3)17(18)19/h18-19H,1-2H3. The molecule has 1 aromatic carbocycles. The molecule has 0 saturated heterocycles. The highest BCUT2D eigenvalue weighted by atomic mass is 16.4. The number of rotatable bonds is 4. The normalized spacial score (nSPS) is 10.1. The van der Waals surface area contributed by atoms with E-state index in [0.29, 0.717) is 27.5 Å². The van der Waals surface area contributed by atoms with Crippen LogP contribution in [0.3, 0.4) is 0 Å². The maximum Gasteiger partial charge on any atom is 0.488 e. The molecule has 0 aliphatic rings. The van der Waals surface area contributed by atoms with Gasteiger partial charge in [0.25, 0.3) is 0 Å². The van der Waals surface area contributed by atoms with Gasteiger partial charge >= 0.3 is 7.12 Å². The SMILES string of the molecule is [B][B]B([B])c1c([B])c(C)c(B(O)O)c(B([B])[B])c1C. The molecule has 0 aromatic heterocycles. The van der Waals surface area contributed by atoms with Crippen molar-refractivity contribution in [3.8, 4) is 0 Å². The molecule has 11 heteroatoms. The molecule has 0 fully saturated rings. The van der Waals surface area contributed by atoms with Crippen LogP contribution in [0.15, 0.2) is 0 Å². The van der Waals surface area contributed by atoms with Gasteiger partial charge in [0.1, 0.15) is 7.85 Å². The van der Waals surface area contributed by atoms with Crippen molar-refractivity contribution in [3.05, 3.63) is 11.1 Å². The predicted molar refractivity (Wildman–Crippen MR) is 90.7 cm³/mol. The van der Waals surface area contributed by atoms with Gasteiger partial charge < -0.3 is 10.0 Å². The van der Waals surface area contributed by atoms with E-state index in [1.807, 2.05) is 0 Å². The number of hydrogen-bond acceptors (Lipinski definition) is 2. The molecule has 1 rings (SSSR count). The van der Waals surface area contributed by atoms with Crippen LogP contribution in [0.4, 0.5) is 0 Å². The Hall–Kier alpha value is -0.276. The fourth-order valence-corrected chi connectivity index (χ4v) is 2.39. The van der Waals surface area contributed by atoms with Crippen LogP contribution < -0.4 is 21.9 Å². The van der Waals surface area contributed by atoms with Crippen molar-refractivity contribution < 1.29 is 10.0 Å². The molecule has 0 saturated carbocycles. The highest BCUT2D eigenvalue weighted by Gasteiger charge is 2.26. The second-order valence-electron chi connectivity index (χ2n) is 4.52. The lowest BCUT2D eigenvalue weighted by atomic mass is 9.02. The van der Waals surface area contributed by atoms with E-state index in [4.69, 9.17) is 38.8 Å². The Morgan fingerprint density at radius 2 is 1.47 bits per heavy atom. The predicted octanol–water partition coefficient (Wildman–Crippen LogP) is -5.54. The molecule has 0 aliphatic carbocycles.